The number of aliphatic hydroxyl groups excluding tert-OH is 1. The van der Waals surface area contributed by atoms with Crippen molar-refractivity contribution in [3.63, 3.8) is 0 Å². The summed E-state index contributed by atoms with van der Waals surface area (Å²) >= 11 is 0. The van der Waals surface area contributed by atoms with Gasteiger partial charge in [-0.3, -0.25) is 0 Å². The molecule has 196 valence electrons. The number of rotatable bonds is 6. The fourth-order valence-corrected chi connectivity index (χ4v) is 3.58. The molecule has 1 aliphatic heterocycles. The molecule has 0 bridgehead atoms. The Kier molecular flexibility index (Phi) is 8.12. The first-order valence-electron chi connectivity index (χ1n) is 12.0. The number of amides is 1. The molecule has 1 unspecified atom stereocenters. The Labute approximate surface area is 210 Å². The Balaban J connectivity index is 2.43. The van der Waals surface area contributed by atoms with E-state index in [0.717, 1.165) is 5.56 Å². The number of hydrogen-bond donors (Lipinski definition) is 2. The van der Waals surface area contributed by atoms with E-state index in [4.69, 9.17) is 18.8 Å². The minimum atomic E-state index is -1.41. The lowest BCUT2D eigenvalue weighted by atomic mass is 9.74. The second-order valence-electron chi connectivity index (χ2n) is 12.4. The van der Waals surface area contributed by atoms with Crippen LogP contribution in [0.3, 0.4) is 0 Å². The summed E-state index contributed by atoms with van der Waals surface area (Å²) < 4.78 is 23.4. The van der Waals surface area contributed by atoms with Crippen LogP contribution in [-0.4, -0.2) is 52.2 Å². The molecular formula is C26H42BNO7. The van der Waals surface area contributed by atoms with Gasteiger partial charge in [-0.25, -0.2) is 9.59 Å². The van der Waals surface area contributed by atoms with Crippen LogP contribution >= 0.6 is 0 Å². The van der Waals surface area contributed by atoms with Crippen LogP contribution in [-0.2, 0) is 36.6 Å². The summed E-state index contributed by atoms with van der Waals surface area (Å²) in [6.45, 7) is 19.8. The molecule has 1 amide bonds. The van der Waals surface area contributed by atoms with Gasteiger partial charge >= 0.3 is 19.2 Å². The molecule has 2 N–H and O–H groups in total. The molecule has 1 fully saturated rings. The van der Waals surface area contributed by atoms with E-state index in [1.807, 2.05) is 33.8 Å². The molecule has 2 rings (SSSR count). The number of ether oxygens (including phenoxy) is 2. The van der Waals surface area contributed by atoms with Crippen LogP contribution in [0.1, 0.15) is 87.3 Å². The minimum absolute atomic E-state index is 0.124. The Morgan fingerprint density at radius 1 is 0.943 bits per heavy atom. The summed E-state index contributed by atoms with van der Waals surface area (Å²) in [5.74, 6) is -0.584. The summed E-state index contributed by atoms with van der Waals surface area (Å²) in [5.41, 5.74) is -1.93. The van der Waals surface area contributed by atoms with E-state index in [2.05, 4.69) is 5.32 Å². The maximum Gasteiger partial charge on any atom is 0.495 e. The average molecular weight is 491 g/mol. The lowest BCUT2D eigenvalue weighted by Gasteiger charge is -2.33. The van der Waals surface area contributed by atoms with Crippen LogP contribution in [0.4, 0.5) is 4.79 Å². The van der Waals surface area contributed by atoms with Crippen molar-refractivity contribution in [2.45, 2.75) is 117 Å². The molecule has 0 spiro atoms. The second kappa shape index (κ2) is 9.75. The first kappa shape index (κ1) is 29.1. The number of aliphatic hydroxyl groups is 1. The van der Waals surface area contributed by atoms with Crippen LogP contribution in [0.2, 0.25) is 0 Å². The smallest absolute Gasteiger partial charge is 0.458 e. The van der Waals surface area contributed by atoms with E-state index in [-0.39, 0.29) is 13.0 Å². The zero-order valence-electron chi connectivity index (χ0n) is 23.1. The second-order valence-corrected chi connectivity index (χ2v) is 12.4. The lowest BCUT2D eigenvalue weighted by Crippen LogP contribution is -2.56. The third-order valence-corrected chi connectivity index (χ3v) is 6.07. The molecule has 1 aromatic carbocycles. The third-order valence-electron chi connectivity index (χ3n) is 6.07. The molecule has 1 heterocycles. The molecule has 0 aromatic heterocycles. The van der Waals surface area contributed by atoms with Crippen molar-refractivity contribution in [1.82, 2.24) is 5.32 Å². The Bertz CT molecular complexity index is 930. The number of benzene rings is 1. The number of carbonyl (C=O) groups is 2. The predicted molar refractivity (Wildman–Crippen MR) is 135 cm³/mol. The average Bonchev–Trinajstić information content (AvgIpc) is 2.85. The number of alkyl carbamates (subject to hydrolysis) is 1. The molecule has 35 heavy (non-hydrogen) atoms. The fourth-order valence-electron chi connectivity index (χ4n) is 3.58. The largest absolute Gasteiger partial charge is 0.495 e. The highest BCUT2D eigenvalue weighted by Gasteiger charge is 2.52. The zero-order valence-corrected chi connectivity index (χ0v) is 23.1. The van der Waals surface area contributed by atoms with Crippen LogP contribution in [0.5, 0.6) is 0 Å². The normalized spacial score (nSPS) is 19.1. The summed E-state index contributed by atoms with van der Waals surface area (Å²) in [6, 6.07) is 5.42. The minimum Gasteiger partial charge on any atom is -0.458 e. The molecule has 0 radical (unpaired) electrons. The zero-order chi connectivity index (χ0) is 27.0. The van der Waals surface area contributed by atoms with E-state index in [0.29, 0.717) is 11.0 Å². The first-order chi connectivity index (χ1) is 15.7. The van der Waals surface area contributed by atoms with Gasteiger partial charge < -0.3 is 29.2 Å². The van der Waals surface area contributed by atoms with Gasteiger partial charge in [0.05, 0.1) is 17.8 Å². The topological polar surface area (TPSA) is 103 Å². The van der Waals surface area contributed by atoms with Crippen LogP contribution in [0, 0.1) is 0 Å². The van der Waals surface area contributed by atoms with Gasteiger partial charge in [-0.15, -0.1) is 0 Å². The highest BCUT2D eigenvalue weighted by Crippen LogP contribution is 2.37. The quantitative estimate of drug-likeness (QED) is 0.463. The summed E-state index contributed by atoms with van der Waals surface area (Å²) in [5, 5.41) is 12.7. The number of nitrogens with one attached hydrogen (secondary N) is 1. The van der Waals surface area contributed by atoms with Gasteiger partial charge in [0.15, 0.2) is 0 Å². The highest BCUT2D eigenvalue weighted by atomic mass is 16.7. The van der Waals surface area contributed by atoms with E-state index < -0.39 is 47.1 Å². The van der Waals surface area contributed by atoms with Crippen LogP contribution in [0.15, 0.2) is 18.2 Å². The van der Waals surface area contributed by atoms with Crippen LogP contribution in [0.25, 0.3) is 0 Å². The van der Waals surface area contributed by atoms with Gasteiger partial charge in [-0.05, 0) is 92.8 Å². The van der Waals surface area contributed by atoms with Gasteiger partial charge in [-0.1, -0.05) is 18.2 Å². The molecule has 1 aliphatic rings. The Morgan fingerprint density at radius 2 is 1.46 bits per heavy atom. The Hall–Kier alpha value is -2.10. The molecule has 1 aromatic rings. The van der Waals surface area contributed by atoms with Crippen molar-refractivity contribution in [2.75, 3.05) is 0 Å². The lowest BCUT2D eigenvalue weighted by molar-refractivity contribution is -0.162. The molecule has 1 atom stereocenters. The molecular weight excluding hydrogens is 449 g/mol. The van der Waals surface area contributed by atoms with Gasteiger partial charge in [0, 0.05) is 6.42 Å². The highest BCUT2D eigenvalue weighted by molar-refractivity contribution is 6.62. The fraction of sp³-hybridized carbons (Fsp3) is 0.692. The SMILES string of the molecule is CC(C)(C)OC(=O)NC(C)(Cc1ccc(CO)c(B2OC(C)(C)C(C)(C)O2)c1)C(=O)OC(C)(C)C. The van der Waals surface area contributed by atoms with Crippen LogP contribution < -0.4 is 10.8 Å². The summed E-state index contributed by atoms with van der Waals surface area (Å²) in [6.07, 6.45) is -0.594. The number of esters is 1. The summed E-state index contributed by atoms with van der Waals surface area (Å²) in [4.78, 5) is 25.9. The molecule has 0 aliphatic carbocycles. The van der Waals surface area contributed by atoms with E-state index in [9.17, 15) is 14.7 Å². The first-order valence-corrected chi connectivity index (χ1v) is 12.0. The van der Waals surface area contributed by atoms with Crippen molar-refractivity contribution < 1.29 is 33.5 Å². The van der Waals surface area contributed by atoms with Crippen molar-refractivity contribution in [1.29, 1.82) is 0 Å². The van der Waals surface area contributed by atoms with Crippen molar-refractivity contribution in [3.05, 3.63) is 29.3 Å². The van der Waals surface area contributed by atoms with Gasteiger partial charge in [-0.2, -0.15) is 0 Å². The van der Waals surface area contributed by atoms with E-state index >= 15 is 0 Å². The molecule has 1 saturated heterocycles. The third kappa shape index (κ3) is 7.45. The van der Waals surface area contributed by atoms with Crippen molar-refractivity contribution in [2.24, 2.45) is 0 Å². The number of carbonyl (C=O) groups excluding carboxylic acids is 2. The maximum absolute atomic E-state index is 13.2. The van der Waals surface area contributed by atoms with Crippen molar-refractivity contribution in [3.8, 4) is 0 Å². The van der Waals surface area contributed by atoms with Gasteiger partial charge in [0.2, 0.25) is 0 Å². The van der Waals surface area contributed by atoms with Gasteiger partial charge in [0.1, 0.15) is 16.7 Å². The maximum atomic E-state index is 13.2. The number of hydrogen-bond acceptors (Lipinski definition) is 7. The molecule has 0 saturated carbocycles. The molecule has 9 heteroatoms. The van der Waals surface area contributed by atoms with Crippen molar-refractivity contribution >= 4 is 24.6 Å². The molecule has 8 nitrogen and oxygen atoms in total. The van der Waals surface area contributed by atoms with Gasteiger partial charge in [0.25, 0.3) is 0 Å². The Morgan fingerprint density at radius 3 is 1.91 bits per heavy atom. The van der Waals surface area contributed by atoms with E-state index in [1.165, 1.54) is 0 Å². The standard InChI is InChI=1S/C26H42BNO7/c1-22(2,3)32-20(30)26(11,28-21(31)33-23(4,5)6)15-17-12-13-18(16-29)19(14-17)27-34-24(7,8)25(9,10)35-27/h12-14,29H,15-16H2,1-11H3,(H,28,31). The predicted octanol–water partition coefficient (Wildman–Crippen LogP) is 3.65. The monoisotopic (exact) mass is 491 g/mol. The van der Waals surface area contributed by atoms with E-state index in [1.54, 1.807) is 60.6 Å². The summed E-state index contributed by atoms with van der Waals surface area (Å²) in [7, 11) is -0.686.